The van der Waals surface area contributed by atoms with E-state index in [1.807, 2.05) is 36.4 Å². The van der Waals surface area contributed by atoms with Crippen LogP contribution in [-0.4, -0.2) is 62.7 Å². The molecule has 1 heterocycles. The first-order valence-electron chi connectivity index (χ1n) is 9.47. The van der Waals surface area contributed by atoms with Crippen LogP contribution in [0.25, 0.3) is 0 Å². The molecule has 1 unspecified atom stereocenters. The Kier molecular flexibility index (Phi) is 6.93. The molecule has 0 aromatic heterocycles. The number of hydrogen-bond acceptors (Lipinski definition) is 6. The van der Waals surface area contributed by atoms with E-state index in [1.54, 1.807) is 31.3 Å². The van der Waals surface area contributed by atoms with E-state index < -0.39 is 0 Å². The van der Waals surface area contributed by atoms with E-state index in [1.165, 1.54) is 0 Å². The fourth-order valence-electron chi connectivity index (χ4n) is 3.35. The summed E-state index contributed by atoms with van der Waals surface area (Å²) in [5.74, 6) is 1.83. The topological polar surface area (TPSA) is 75.0 Å². The smallest absolute Gasteiger partial charge is 0.260 e. The van der Waals surface area contributed by atoms with Gasteiger partial charge in [0.2, 0.25) is 0 Å². The summed E-state index contributed by atoms with van der Waals surface area (Å²) >= 11 is 0. The molecule has 1 aliphatic heterocycles. The molecule has 0 aliphatic carbocycles. The minimum atomic E-state index is -0.344. The molecule has 1 aliphatic rings. The van der Waals surface area contributed by atoms with Crippen molar-refractivity contribution in [1.82, 2.24) is 9.80 Å². The number of hydrogen-bond donors (Lipinski definition) is 0. The SMILES string of the molecule is COc1ccc(C(C#N)N2CCN(C(=O)COc3ccccc3OC)CC2)cc1. The molecule has 0 N–H and O–H groups in total. The minimum Gasteiger partial charge on any atom is -0.497 e. The van der Waals surface area contributed by atoms with Gasteiger partial charge >= 0.3 is 0 Å². The highest BCUT2D eigenvalue weighted by molar-refractivity contribution is 5.78. The predicted molar refractivity (Wildman–Crippen MR) is 108 cm³/mol. The van der Waals surface area contributed by atoms with Gasteiger partial charge in [0.25, 0.3) is 5.91 Å². The predicted octanol–water partition coefficient (Wildman–Crippen LogP) is 2.49. The summed E-state index contributed by atoms with van der Waals surface area (Å²) in [6.07, 6.45) is 0. The van der Waals surface area contributed by atoms with Crippen LogP contribution in [0.15, 0.2) is 48.5 Å². The number of methoxy groups -OCH3 is 2. The van der Waals surface area contributed by atoms with Crippen molar-refractivity contribution in [2.24, 2.45) is 0 Å². The number of piperazine rings is 1. The van der Waals surface area contributed by atoms with Gasteiger partial charge < -0.3 is 19.1 Å². The number of amides is 1. The van der Waals surface area contributed by atoms with Crippen molar-refractivity contribution in [1.29, 1.82) is 5.26 Å². The number of nitriles is 1. The van der Waals surface area contributed by atoms with Crippen LogP contribution in [-0.2, 0) is 4.79 Å². The van der Waals surface area contributed by atoms with Crippen molar-refractivity contribution in [3.63, 3.8) is 0 Å². The Morgan fingerprint density at radius 3 is 2.24 bits per heavy atom. The summed E-state index contributed by atoms with van der Waals surface area (Å²) in [5, 5.41) is 9.66. The zero-order valence-electron chi connectivity index (χ0n) is 16.7. The van der Waals surface area contributed by atoms with Crippen LogP contribution in [0.2, 0.25) is 0 Å². The Bertz CT molecular complexity index is 855. The summed E-state index contributed by atoms with van der Waals surface area (Å²) in [5.41, 5.74) is 0.924. The van der Waals surface area contributed by atoms with Gasteiger partial charge in [0.05, 0.1) is 20.3 Å². The molecule has 152 valence electrons. The van der Waals surface area contributed by atoms with E-state index in [0.29, 0.717) is 37.7 Å². The van der Waals surface area contributed by atoms with Crippen LogP contribution in [0.5, 0.6) is 17.2 Å². The Morgan fingerprint density at radius 2 is 1.66 bits per heavy atom. The molecular formula is C22H25N3O4. The normalized spacial score (nSPS) is 15.3. The first kappa shape index (κ1) is 20.5. The maximum atomic E-state index is 12.5. The van der Waals surface area contributed by atoms with E-state index >= 15 is 0 Å². The van der Waals surface area contributed by atoms with Crippen LogP contribution in [0.4, 0.5) is 0 Å². The third-order valence-electron chi connectivity index (χ3n) is 5.01. The largest absolute Gasteiger partial charge is 0.497 e. The molecule has 0 saturated carbocycles. The third-order valence-corrected chi connectivity index (χ3v) is 5.01. The van der Waals surface area contributed by atoms with Gasteiger partial charge in [0.15, 0.2) is 18.1 Å². The molecule has 2 aromatic carbocycles. The molecule has 0 radical (unpaired) electrons. The van der Waals surface area contributed by atoms with Gasteiger partial charge in [0.1, 0.15) is 11.8 Å². The monoisotopic (exact) mass is 395 g/mol. The van der Waals surface area contributed by atoms with Gasteiger partial charge in [-0.25, -0.2) is 0 Å². The second-order valence-corrected chi connectivity index (χ2v) is 6.66. The van der Waals surface area contributed by atoms with E-state index in [-0.39, 0.29) is 18.6 Å². The highest BCUT2D eigenvalue weighted by Crippen LogP contribution is 2.26. The van der Waals surface area contributed by atoms with Crippen molar-refractivity contribution in [2.75, 3.05) is 47.0 Å². The first-order chi connectivity index (χ1) is 14.2. The maximum Gasteiger partial charge on any atom is 0.260 e. The van der Waals surface area contributed by atoms with Gasteiger partial charge in [-0.05, 0) is 29.8 Å². The number of benzene rings is 2. The molecule has 29 heavy (non-hydrogen) atoms. The number of ether oxygens (including phenoxy) is 3. The molecule has 1 fully saturated rings. The molecule has 7 nitrogen and oxygen atoms in total. The van der Waals surface area contributed by atoms with E-state index in [0.717, 1.165) is 11.3 Å². The fourth-order valence-corrected chi connectivity index (χ4v) is 3.35. The van der Waals surface area contributed by atoms with E-state index in [4.69, 9.17) is 14.2 Å². The molecule has 3 rings (SSSR count). The lowest BCUT2D eigenvalue weighted by Gasteiger charge is -2.37. The summed E-state index contributed by atoms with van der Waals surface area (Å²) in [6, 6.07) is 16.8. The second-order valence-electron chi connectivity index (χ2n) is 6.66. The number of carbonyl (C=O) groups is 1. The molecule has 0 bridgehead atoms. The van der Waals surface area contributed by atoms with Crippen molar-refractivity contribution in [2.45, 2.75) is 6.04 Å². The lowest BCUT2D eigenvalue weighted by molar-refractivity contribution is -0.135. The Labute approximate surface area is 171 Å². The van der Waals surface area contributed by atoms with Crippen LogP contribution in [0.3, 0.4) is 0 Å². The molecule has 7 heteroatoms. The summed E-state index contributed by atoms with van der Waals surface area (Å²) in [7, 11) is 3.18. The lowest BCUT2D eigenvalue weighted by atomic mass is 10.1. The second kappa shape index (κ2) is 9.80. The van der Waals surface area contributed by atoms with Gasteiger partial charge in [-0.2, -0.15) is 5.26 Å². The van der Waals surface area contributed by atoms with Crippen LogP contribution in [0.1, 0.15) is 11.6 Å². The highest BCUT2D eigenvalue weighted by Gasteiger charge is 2.27. The maximum absolute atomic E-state index is 12.5. The molecular weight excluding hydrogens is 370 g/mol. The first-order valence-corrected chi connectivity index (χ1v) is 9.47. The molecule has 1 atom stereocenters. The standard InChI is InChI=1S/C22H25N3O4/c1-27-18-9-7-17(8-10-18)19(15-23)24-11-13-25(14-12-24)22(26)16-29-21-6-4-3-5-20(21)28-2/h3-10,19H,11-14,16H2,1-2H3. The average molecular weight is 395 g/mol. The van der Waals surface area contributed by atoms with Gasteiger partial charge in [-0.3, -0.25) is 9.69 Å². The van der Waals surface area contributed by atoms with Crippen molar-refractivity contribution >= 4 is 5.91 Å². The van der Waals surface area contributed by atoms with Crippen LogP contribution < -0.4 is 14.2 Å². The Hall–Kier alpha value is -3.24. The highest BCUT2D eigenvalue weighted by atomic mass is 16.5. The fraction of sp³-hybridized carbons (Fsp3) is 0.364. The van der Waals surface area contributed by atoms with Crippen LogP contribution in [0, 0.1) is 11.3 Å². The Morgan fingerprint density at radius 1 is 1.00 bits per heavy atom. The summed E-state index contributed by atoms with van der Waals surface area (Å²) < 4.78 is 16.1. The zero-order chi connectivity index (χ0) is 20.6. The summed E-state index contributed by atoms with van der Waals surface area (Å²) in [4.78, 5) is 16.4. The summed E-state index contributed by atoms with van der Waals surface area (Å²) in [6.45, 7) is 2.33. The van der Waals surface area contributed by atoms with Gasteiger partial charge in [-0.15, -0.1) is 0 Å². The van der Waals surface area contributed by atoms with Crippen molar-refractivity contribution in [3.05, 3.63) is 54.1 Å². The minimum absolute atomic E-state index is 0.0411. The number of carbonyl (C=O) groups excluding carboxylic acids is 1. The van der Waals surface area contributed by atoms with Crippen molar-refractivity contribution in [3.8, 4) is 23.3 Å². The third kappa shape index (κ3) is 4.98. The van der Waals surface area contributed by atoms with Crippen LogP contribution >= 0.6 is 0 Å². The number of para-hydroxylation sites is 2. The van der Waals surface area contributed by atoms with Gasteiger partial charge in [-0.1, -0.05) is 24.3 Å². The number of rotatable bonds is 7. The average Bonchev–Trinajstić information content (AvgIpc) is 2.79. The number of nitrogens with zero attached hydrogens (tertiary/aromatic N) is 3. The van der Waals surface area contributed by atoms with E-state index in [9.17, 15) is 10.1 Å². The molecule has 0 spiro atoms. The molecule has 1 saturated heterocycles. The molecule has 2 aromatic rings. The molecule has 1 amide bonds. The lowest BCUT2D eigenvalue weighted by Crippen LogP contribution is -2.50. The van der Waals surface area contributed by atoms with Crippen molar-refractivity contribution < 1.29 is 19.0 Å². The Balaban J connectivity index is 1.53. The van der Waals surface area contributed by atoms with Gasteiger partial charge in [0, 0.05) is 26.2 Å². The zero-order valence-corrected chi connectivity index (χ0v) is 16.7. The van der Waals surface area contributed by atoms with E-state index in [2.05, 4.69) is 11.0 Å². The quantitative estimate of drug-likeness (QED) is 0.717.